The summed E-state index contributed by atoms with van der Waals surface area (Å²) in [5.74, 6) is -0.350. The molecular weight excluding hydrogens is 316 g/mol. The van der Waals surface area contributed by atoms with E-state index < -0.39 is 13.9 Å². The molecule has 0 aliphatic carbocycles. The van der Waals surface area contributed by atoms with Gasteiger partial charge in [0.1, 0.15) is 5.60 Å². The molecule has 134 valence electrons. The average molecular weight is 349 g/mol. The highest BCUT2D eigenvalue weighted by molar-refractivity contribution is 6.74. The van der Waals surface area contributed by atoms with Gasteiger partial charge < -0.3 is 9.53 Å². The molecule has 0 fully saturated rings. The molecule has 1 aromatic rings. The molecular formula is C20H32O3Si. The van der Waals surface area contributed by atoms with Crippen molar-refractivity contribution in [3.05, 3.63) is 41.5 Å². The van der Waals surface area contributed by atoms with Crippen molar-refractivity contribution in [3.8, 4) is 0 Å². The lowest BCUT2D eigenvalue weighted by atomic mass is 10.1. The minimum atomic E-state index is -2.42. The van der Waals surface area contributed by atoms with Gasteiger partial charge >= 0.3 is 5.97 Å². The number of carbonyl (C=O) groups excluding carboxylic acids is 1. The Kier molecular flexibility index (Phi) is 6.99. The fraction of sp³-hybridized carbons (Fsp3) is 0.550. The van der Waals surface area contributed by atoms with E-state index in [2.05, 4.69) is 27.7 Å². The zero-order chi connectivity index (χ0) is 18.5. The van der Waals surface area contributed by atoms with Crippen molar-refractivity contribution in [2.75, 3.05) is 0 Å². The van der Waals surface area contributed by atoms with Crippen molar-refractivity contribution < 1.29 is 14.3 Å². The third-order valence-corrected chi connectivity index (χ3v) is 9.28. The Hall–Kier alpha value is -1.39. The first-order chi connectivity index (χ1) is 11.0. The zero-order valence-corrected chi connectivity index (χ0v) is 17.1. The van der Waals surface area contributed by atoms with E-state index in [-0.39, 0.29) is 17.1 Å². The molecule has 3 nitrogen and oxygen atoms in total. The molecule has 1 N–H and O–H groups in total. The van der Waals surface area contributed by atoms with Gasteiger partial charge in [0.2, 0.25) is 0 Å². The van der Waals surface area contributed by atoms with Crippen LogP contribution in [0, 0.1) is 0 Å². The number of hydrogen-bond acceptors (Lipinski definition) is 3. The maximum atomic E-state index is 11.9. The molecule has 0 unspecified atom stereocenters. The number of ether oxygens (including phenoxy) is 1. The first kappa shape index (κ1) is 20.7. The van der Waals surface area contributed by atoms with Gasteiger partial charge in [-0.2, -0.15) is 0 Å². The summed E-state index contributed by atoms with van der Waals surface area (Å²) in [7, 11) is -2.42. The predicted molar refractivity (Wildman–Crippen MR) is 103 cm³/mol. The van der Waals surface area contributed by atoms with Crippen LogP contribution < -0.4 is 0 Å². The number of rotatable bonds is 6. The fourth-order valence-electron chi connectivity index (χ4n) is 2.73. The van der Waals surface area contributed by atoms with Gasteiger partial charge in [0.25, 0.3) is 0 Å². The molecule has 0 spiro atoms. The molecule has 1 aromatic carbocycles. The van der Waals surface area contributed by atoms with Crippen LogP contribution in [0.25, 0.3) is 6.08 Å². The maximum absolute atomic E-state index is 11.9. The van der Waals surface area contributed by atoms with E-state index in [0.717, 1.165) is 11.1 Å². The highest BCUT2D eigenvalue weighted by atomic mass is 28.4. The van der Waals surface area contributed by atoms with Crippen molar-refractivity contribution >= 4 is 20.4 Å². The SMILES string of the molecule is CC(C)[Si](O)(Cc1ccccc1/C=C/C(=O)OC(C)(C)C)C(C)C. The quantitative estimate of drug-likeness (QED) is 0.453. The predicted octanol–water partition coefficient (Wildman–Crippen LogP) is 4.88. The molecule has 4 heteroatoms. The monoisotopic (exact) mass is 348 g/mol. The Morgan fingerprint density at radius 1 is 1.17 bits per heavy atom. The van der Waals surface area contributed by atoms with Gasteiger partial charge in [-0.3, -0.25) is 0 Å². The van der Waals surface area contributed by atoms with Gasteiger partial charge in [-0.15, -0.1) is 0 Å². The van der Waals surface area contributed by atoms with Crippen molar-refractivity contribution in [1.29, 1.82) is 0 Å². The highest BCUT2D eigenvalue weighted by Gasteiger charge is 2.38. The first-order valence-electron chi connectivity index (χ1n) is 8.67. The van der Waals surface area contributed by atoms with E-state index in [1.807, 2.05) is 45.0 Å². The molecule has 0 aromatic heterocycles. The normalized spacial score (nSPS) is 13.1. The van der Waals surface area contributed by atoms with Crippen LogP contribution in [0.5, 0.6) is 0 Å². The Bertz CT molecular complexity index is 575. The van der Waals surface area contributed by atoms with Gasteiger partial charge in [-0.25, -0.2) is 4.79 Å². The number of hydrogen-bond donors (Lipinski definition) is 1. The highest BCUT2D eigenvalue weighted by Crippen LogP contribution is 2.33. The van der Waals surface area contributed by atoms with E-state index in [4.69, 9.17) is 4.74 Å². The van der Waals surface area contributed by atoms with Crippen LogP contribution in [-0.4, -0.2) is 24.7 Å². The Morgan fingerprint density at radius 3 is 2.21 bits per heavy atom. The zero-order valence-electron chi connectivity index (χ0n) is 16.1. The van der Waals surface area contributed by atoms with Gasteiger partial charge in [-0.05, 0) is 55.1 Å². The topological polar surface area (TPSA) is 46.5 Å². The molecule has 0 atom stereocenters. The molecule has 1 rings (SSSR count). The third-order valence-electron chi connectivity index (χ3n) is 4.33. The molecule has 0 radical (unpaired) electrons. The van der Waals surface area contributed by atoms with Crippen molar-refractivity contribution in [1.82, 2.24) is 0 Å². The second kappa shape index (κ2) is 8.12. The van der Waals surface area contributed by atoms with Crippen LogP contribution in [0.1, 0.15) is 59.6 Å². The van der Waals surface area contributed by atoms with Crippen molar-refractivity contribution in [2.24, 2.45) is 0 Å². The van der Waals surface area contributed by atoms with Crippen LogP contribution >= 0.6 is 0 Å². The second-order valence-corrected chi connectivity index (χ2v) is 12.7. The van der Waals surface area contributed by atoms with E-state index in [0.29, 0.717) is 6.04 Å². The average Bonchev–Trinajstić information content (AvgIpc) is 2.44. The standard InChI is InChI=1S/C20H32O3Si/c1-15(2)24(22,16(3)4)14-18-11-9-8-10-17(18)12-13-19(21)23-20(5,6)7/h8-13,15-16,22H,14H2,1-7H3/b13-12+. The second-order valence-electron chi connectivity index (χ2n) is 8.04. The third kappa shape index (κ3) is 5.91. The Balaban J connectivity index is 3.03. The summed E-state index contributed by atoms with van der Waals surface area (Å²) in [5.41, 5.74) is 2.12. The summed E-state index contributed by atoms with van der Waals surface area (Å²) in [6, 6.07) is 8.64. The van der Waals surface area contributed by atoms with Crippen LogP contribution in [0.15, 0.2) is 30.3 Å². The van der Waals surface area contributed by atoms with Crippen LogP contribution in [0.3, 0.4) is 0 Å². The summed E-state index contributed by atoms with van der Waals surface area (Å²) in [5, 5.41) is 0. The van der Waals surface area contributed by atoms with Gasteiger partial charge in [0.05, 0.1) is 0 Å². The van der Waals surface area contributed by atoms with E-state index >= 15 is 0 Å². The number of esters is 1. The molecule has 0 bridgehead atoms. The summed E-state index contributed by atoms with van der Waals surface area (Å²) in [6.07, 6.45) is 3.26. The van der Waals surface area contributed by atoms with Crippen LogP contribution in [0.4, 0.5) is 0 Å². The van der Waals surface area contributed by atoms with Gasteiger partial charge in [-0.1, -0.05) is 52.0 Å². The Labute approximate surface area is 147 Å². The molecule has 0 aliphatic rings. The fourth-order valence-corrected chi connectivity index (χ4v) is 5.81. The lowest BCUT2D eigenvalue weighted by molar-refractivity contribution is -0.148. The molecule has 0 saturated carbocycles. The van der Waals surface area contributed by atoms with E-state index in [1.54, 1.807) is 6.08 Å². The van der Waals surface area contributed by atoms with E-state index in [1.165, 1.54) is 6.08 Å². The molecule has 24 heavy (non-hydrogen) atoms. The van der Waals surface area contributed by atoms with Crippen molar-refractivity contribution in [3.63, 3.8) is 0 Å². The van der Waals surface area contributed by atoms with Gasteiger partial charge in [0, 0.05) is 6.08 Å². The maximum Gasteiger partial charge on any atom is 0.331 e. The summed E-state index contributed by atoms with van der Waals surface area (Å²) >= 11 is 0. The minimum Gasteiger partial charge on any atom is -0.457 e. The minimum absolute atomic E-state index is 0.278. The smallest absolute Gasteiger partial charge is 0.331 e. The largest absolute Gasteiger partial charge is 0.457 e. The summed E-state index contributed by atoms with van der Waals surface area (Å²) < 4.78 is 5.31. The van der Waals surface area contributed by atoms with Crippen LogP contribution in [0.2, 0.25) is 11.1 Å². The molecule has 0 heterocycles. The van der Waals surface area contributed by atoms with E-state index in [9.17, 15) is 9.59 Å². The summed E-state index contributed by atoms with van der Waals surface area (Å²) in [6.45, 7) is 14.0. The molecule has 0 aliphatic heterocycles. The molecule has 0 saturated heterocycles. The number of carbonyl (C=O) groups is 1. The lowest BCUT2D eigenvalue weighted by Crippen LogP contribution is -2.44. The van der Waals surface area contributed by atoms with Gasteiger partial charge in [0.15, 0.2) is 8.32 Å². The lowest BCUT2D eigenvalue weighted by Gasteiger charge is -2.33. The Morgan fingerprint density at radius 2 is 1.71 bits per heavy atom. The number of benzene rings is 1. The first-order valence-corrected chi connectivity index (χ1v) is 11.0. The molecule has 0 amide bonds. The van der Waals surface area contributed by atoms with Crippen LogP contribution in [-0.2, 0) is 15.6 Å². The summed E-state index contributed by atoms with van der Waals surface area (Å²) in [4.78, 5) is 23.1. The van der Waals surface area contributed by atoms with Crippen molar-refractivity contribution in [2.45, 2.75) is 71.2 Å².